The van der Waals surface area contributed by atoms with Gasteiger partial charge in [-0.25, -0.2) is 0 Å². The summed E-state index contributed by atoms with van der Waals surface area (Å²) < 4.78 is 40.4. The zero-order chi connectivity index (χ0) is 11.5. The number of aromatic nitrogens is 2. The Labute approximate surface area is 84.6 Å². The molecule has 15 heavy (non-hydrogen) atoms. The molecule has 1 unspecified atom stereocenters. The number of rotatable bonds is 4. The van der Waals surface area contributed by atoms with Gasteiger partial charge in [0.05, 0.1) is 0 Å². The van der Waals surface area contributed by atoms with Gasteiger partial charge in [0.1, 0.15) is 6.42 Å². The first-order valence-electron chi connectivity index (χ1n) is 4.54. The third-order valence-electron chi connectivity index (χ3n) is 1.83. The van der Waals surface area contributed by atoms with E-state index in [4.69, 9.17) is 5.73 Å². The minimum Gasteiger partial charge on any atom is -0.339 e. The van der Waals surface area contributed by atoms with Crippen molar-refractivity contribution in [3.8, 4) is 0 Å². The van der Waals surface area contributed by atoms with Gasteiger partial charge in [-0.15, -0.1) is 0 Å². The molecule has 2 N–H and O–H groups in total. The number of hydrogen-bond acceptors (Lipinski definition) is 4. The van der Waals surface area contributed by atoms with Crippen LogP contribution in [0.3, 0.4) is 0 Å². The summed E-state index contributed by atoms with van der Waals surface area (Å²) in [7, 11) is 0. The first-order chi connectivity index (χ1) is 6.90. The highest BCUT2D eigenvalue weighted by Crippen LogP contribution is 2.19. The standard InChI is InChI=1S/C8H12F3N3O/c1-2-5(12)3-7-13-6(14-15-7)4-8(9,10)11/h5H,2-4,12H2,1H3. The zero-order valence-electron chi connectivity index (χ0n) is 8.21. The summed E-state index contributed by atoms with van der Waals surface area (Å²) in [6.45, 7) is 1.87. The first-order valence-corrected chi connectivity index (χ1v) is 4.54. The van der Waals surface area contributed by atoms with Gasteiger partial charge in [-0.05, 0) is 6.42 Å². The van der Waals surface area contributed by atoms with Gasteiger partial charge in [-0.2, -0.15) is 18.2 Å². The number of hydrogen-bond donors (Lipinski definition) is 1. The predicted molar refractivity (Wildman–Crippen MR) is 46.0 cm³/mol. The molecule has 0 fully saturated rings. The summed E-state index contributed by atoms with van der Waals surface area (Å²) in [6, 6.07) is -0.163. The van der Waals surface area contributed by atoms with E-state index in [0.717, 1.165) is 0 Å². The topological polar surface area (TPSA) is 64.9 Å². The van der Waals surface area contributed by atoms with E-state index in [1.54, 1.807) is 0 Å². The second kappa shape index (κ2) is 4.61. The molecule has 1 aromatic rings. The Kier molecular flexibility index (Phi) is 3.67. The van der Waals surface area contributed by atoms with Crippen LogP contribution < -0.4 is 5.73 Å². The highest BCUT2D eigenvalue weighted by molar-refractivity contribution is 4.90. The summed E-state index contributed by atoms with van der Waals surface area (Å²) in [5.74, 6) is -0.190. The van der Waals surface area contributed by atoms with Crippen LogP contribution in [0.1, 0.15) is 25.1 Å². The molecule has 1 rings (SSSR count). The minimum absolute atomic E-state index is 0.156. The third kappa shape index (κ3) is 4.28. The van der Waals surface area contributed by atoms with Crippen LogP contribution in [0.15, 0.2) is 4.52 Å². The van der Waals surface area contributed by atoms with E-state index in [0.29, 0.717) is 12.8 Å². The zero-order valence-corrected chi connectivity index (χ0v) is 8.21. The van der Waals surface area contributed by atoms with Crippen LogP contribution in [0.4, 0.5) is 13.2 Å². The summed E-state index contributed by atoms with van der Waals surface area (Å²) >= 11 is 0. The fourth-order valence-corrected chi connectivity index (χ4v) is 0.993. The maximum atomic E-state index is 11.9. The van der Waals surface area contributed by atoms with Gasteiger partial charge in [-0.3, -0.25) is 0 Å². The molecule has 0 saturated heterocycles. The number of alkyl halides is 3. The van der Waals surface area contributed by atoms with E-state index in [1.807, 2.05) is 6.92 Å². The Balaban J connectivity index is 2.56. The minimum atomic E-state index is -4.31. The molecule has 4 nitrogen and oxygen atoms in total. The lowest BCUT2D eigenvalue weighted by Crippen LogP contribution is -2.21. The quantitative estimate of drug-likeness (QED) is 0.839. The van der Waals surface area contributed by atoms with Gasteiger partial charge in [0.25, 0.3) is 0 Å². The molecular weight excluding hydrogens is 211 g/mol. The summed E-state index contributed by atoms with van der Waals surface area (Å²) in [4.78, 5) is 3.61. The molecule has 0 saturated carbocycles. The van der Waals surface area contributed by atoms with Gasteiger partial charge >= 0.3 is 6.18 Å². The van der Waals surface area contributed by atoms with Crippen LogP contribution in [0.2, 0.25) is 0 Å². The molecule has 0 bridgehead atoms. The van der Waals surface area contributed by atoms with Gasteiger partial charge in [0.15, 0.2) is 5.82 Å². The van der Waals surface area contributed by atoms with E-state index < -0.39 is 12.6 Å². The fourth-order valence-electron chi connectivity index (χ4n) is 0.993. The molecule has 1 atom stereocenters. The van der Waals surface area contributed by atoms with Crippen molar-refractivity contribution in [2.24, 2.45) is 5.73 Å². The predicted octanol–water partition coefficient (Wildman–Crippen LogP) is 1.45. The monoisotopic (exact) mass is 223 g/mol. The second-order valence-corrected chi connectivity index (χ2v) is 3.27. The fraction of sp³-hybridized carbons (Fsp3) is 0.750. The van der Waals surface area contributed by atoms with Crippen LogP contribution in [0.25, 0.3) is 0 Å². The Morgan fingerprint density at radius 1 is 1.47 bits per heavy atom. The molecule has 7 heteroatoms. The number of nitrogens with two attached hydrogens (primary N) is 1. The summed E-state index contributed by atoms with van der Waals surface area (Å²) in [5.41, 5.74) is 5.59. The molecule has 86 valence electrons. The van der Waals surface area contributed by atoms with Crippen LogP contribution >= 0.6 is 0 Å². The lowest BCUT2D eigenvalue weighted by Gasteiger charge is -2.02. The van der Waals surface area contributed by atoms with Crippen LogP contribution in [0.5, 0.6) is 0 Å². The maximum Gasteiger partial charge on any atom is 0.396 e. The van der Waals surface area contributed by atoms with Crippen molar-refractivity contribution in [3.63, 3.8) is 0 Å². The number of nitrogens with zero attached hydrogens (tertiary/aromatic N) is 2. The molecular formula is C8H12F3N3O. The molecule has 0 aliphatic rings. The van der Waals surface area contributed by atoms with Gasteiger partial charge < -0.3 is 10.3 Å². The van der Waals surface area contributed by atoms with E-state index in [9.17, 15) is 13.2 Å². The van der Waals surface area contributed by atoms with Crippen molar-refractivity contribution in [3.05, 3.63) is 11.7 Å². The SMILES string of the molecule is CCC(N)Cc1nc(CC(F)(F)F)no1. The smallest absolute Gasteiger partial charge is 0.339 e. The Morgan fingerprint density at radius 3 is 2.67 bits per heavy atom. The van der Waals surface area contributed by atoms with Crippen LogP contribution in [0, 0.1) is 0 Å². The molecule has 0 radical (unpaired) electrons. The van der Waals surface area contributed by atoms with Gasteiger partial charge in [-0.1, -0.05) is 12.1 Å². The van der Waals surface area contributed by atoms with E-state index in [-0.39, 0.29) is 17.8 Å². The van der Waals surface area contributed by atoms with E-state index in [2.05, 4.69) is 14.7 Å². The van der Waals surface area contributed by atoms with Crippen molar-refractivity contribution in [2.45, 2.75) is 38.4 Å². The Morgan fingerprint density at radius 2 is 2.13 bits per heavy atom. The lowest BCUT2D eigenvalue weighted by atomic mass is 10.2. The van der Waals surface area contributed by atoms with Crippen molar-refractivity contribution >= 4 is 0 Å². The average molecular weight is 223 g/mol. The largest absolute Gasteiger partial charge is 0.396 e. The highest BCUT2D eigenvalue weighted by Gasteiger charge is 2.30. The number of halogens is 3. The normalized spacial score (nSPS) is 14.2. The Bertz CT molecular complexity index is 310. The van der Waals surface area contributed by atoms with Gasteiger partial charge in [0.2, 0.25) is 5.89 Å². The summed E-state index contributed by atoms with van der Waals surface area (Å²) in [5, 5.41) is 3.23. The molecule has 1 heterocycles. The highest BCUT2D eigenvalue weighted by atomic mass is 19.4. The maximum absolute atomic E-state index is 11.9. The van der Waals surface area contributed by atoms with Gasteiger partial charge in [0, 0.05) is 12.5 Å². The summed E-state index contributed by atoms with van der Waals surface area (Å²) in [6.07, 6.45) is -4.47. The van der Waals surface area contributed by atoms with Crippen LogP contribution in [-0.4, -0.2) is 22.4 Å². The molecule has 1 aromatic heterocycles. The molecule has 0 aromatic carbocycles. The molecule has 0 spiro atoms. The van der Waals surface area contributed by atoms with Crippen molar-refractivity contribution in [1.82, 2.24) is 10.1 Å². The molecule has 0 amide bonds. The molecule has 0 aliphatic carbocycles. The van der Waals surface area contributed by atoms with Crippen molar-refractivity contribution in [1.29, 1.82) is 0 Å². The van der Waals surface area contributed by atoms with Crippen molar-refractivity contribution < 1.29 is 17.7 Å². The van der Waals surface area contributed by atoms with E-state index >= 15 is 0 Å². The Hall–Kier alpha value is -1.11. The third-order valence-corrected chi connectivity index (χ3v) is 1.83. The van der Waals surface area contributed by atoms with Crippen LogP contribution in [-0.2, 0) is 12.8 Å². The second-order valence-electron chi connectivity index (χ2n) is 3.27. The first kappa shape index (κ1) is 12.0. The van der Waals surface area contributed by atoms with Crippen molar-refractivity contribution in [2.75, 3.05) is 0 Å². The molecule has 0 aliphatic heterocycles. The van der Waals surface area contributed by atoms with E-state index in [1.165, 1.54) is 0 Å². The average Bonchev–Trinajstić information content (AvgIpc) is 2.49. The lowest BCUT2D eigenvalue weighted by molar-refractivity contribution is -0.128.